The van der Waals surface area contributed by atoms with Gasteiger partial charge in [-0.15, -0.1) is 0 Å². The molecule has 0 aromatic carbocycles. The molecule has 2 heteroatoms. The summed E-state index contributed by atoms with van der Waals surface area (Å²) in [4.78, 5) is 2.71. The molecule has 1 saturated carbocycles. The Bertz CT molecular complexity index is 217. The van der Waals surface area contributed by atoms with Gasteiger partial charge in [0.25, 0.3) is 0 Å². The third-order valence-electron chi connectivity index (χ3n) is 4.59. The highest BCUT2D eigenvalue weighted by Gasteiger charge is 2.27. The Kier molecular flexibility index (Phi) is 4.26. The van der Waals surface area contributed by atoms with Crippen LogP contribution in [-0.4, -0.2) is 30.1 Å². The van der Waals surface area contributed by atoms with E-state index in [0.29, 0.717) is 6.04 Å². The van der Waals surface area contributed by atoms with Gasteiger partial charge >= 0.3 is 0 Å². The molecule has 0 amide bonds. The average Bonchev–Trinajstić information content (AvgIpc) is 2.22. The molecular weight excluding hydrogens is 196 g/mol. The summed E-state index contributed by atoms with van der Waals surface area (Å²) in [6, 6.07) is 1.28. The minimum atomic E-state index is 0.484. The molecule has 2 aliphatic rings. The molecule has 2 fully saturated rings. The zero-order valence-electron chi connectivity index (χ0n) is 11.0. The second kappa shape index (κ2) is 5.50. The Morgan fingerprint density at radius 2 is 1.94 bits per heavy atom. The van der Waals surface area contributed by atoms with E-state index in [1.807, 2.05) is 0 Å². The smallest absolute Gasteiger partial charge is 0.00695 e. The first-order chi connectivity index (χ1) is 7.65. The Balaban J connectivity index is 1.80. The molecule has 0 aromatic rings. The summed E-state index contributed by atoms with van der Waals surface area (Å²) < 4.78 is 0. The van der Waals surface area contributed by atoms with E-state index >= 15 is 0 Å². The van der Waals surface area contributed by atoms with Crippen molar-refractivity contribution in [1.29, 1.82) is 0 Å². The summed E-state index contributed by atoms with van der Waals surface area (Å²) in [5.74, 6) is 1.81. The molecule has 1 aliphatic heterocycles. The lowest BCUT2D eigenvalue weighted by Crippen LogP contribution is -2.44. The maximum atomic E-state index is 6.07. The van der Waals surface area contributed by atoms with Crippen molar-refractivity contribution in [3.8, 4) is 0 Å². The number of nitrogens with two attached hydrogens (primary N) is 1. The molecule has 0 aromatic heterocycles. The van der Waals surface area contributed by atoms with Gasteiger partial charge in [0.05, 0.1) is 0 Å². The van der Waals surface area contributed by atoms with Gasteiger partial charge < -0.3 is 10.6 Å². The van der Waals surface area contributed by atoms with Crippen LogP contribution in [0, 0.1) is 11.8 Å². The van der Waals surface area contributed by atoms with Crippen LogP contribution in [0.5, 0.6) is 0 Å². The first kappa shape index (κ1) is 12.4. The molecule has 0 bridgehead atoms. The van der Waals surface area contributed by atoms with E-state index in [2.05, 4.69) is 18.7 Å². The molecule has 0 spiro atoms. The van der Waals surface area contributed by atoms with Crippen LogP contribution < -0.4 is 5.73 Å². The summed E-state index contributed by atoms with van der Waals surface area (Å²) in [6.45, 7) is 7.42. The van der Waals surface area contributed by atoms with E-state index in [0.717, 1.165) is 17.9 Å². The van der Waals surface area contributed by atoms with Crippen molar-refractivity contribution in [2.24, 2.45) is 17.6 Å². The number of rotatable bonds is 2. The van der Waals surface area contributed by atoms with Gasteiger partial charge in [0, 0.05) is 18.6 Å². The fourth-order valence-electron chi connectivity index (χ4n) is 3.56. The average molecular weight is 224 g/mol. The summed E-state index contributed by atoms with van der Waals surface area (Å²) in [7, 11) is 0. The van der Waals surface area contributed by atoms with Crippen LogP contribution in [-0.2, 0) is 0 Å². The minimum absolute atomic E-state index is 0.484. The maximum absolute atomic E-state index is 6.07. The van der Waals surface area contributed by atoms with Crippen LogP contribution >= 0.6 is 0 Å². The fourth-order valence-corrected chi connectivity index (χ4v) is 3.56. The van der Waals surface area contributed by atoms with Gasteiger partial charge in [-0.2, -0.15) is 0 Å². The van der Waals surface area contributed by atoms with Crippen molar-refractivity contribution in [3.05, 3.63) is 0 Å². The van der Waals surface area contributed by atoms with Crippen LogP contribution in [0.4, 0.5) is 0 Å². The lowest BCUT2D eigenvalue weighted by atomic mass is 9.84. The highest BCUT2D eigenvalue weighted by atomic mass is 15.2. The second-order valence-corrected chi connectivity index (χ2v) is 6.27. The van der Waals surface area contributed by atoms with Gasteiger partial charge in [0.1, 0.15) is 0 Å². The number of nitrogens with zero attached hydrogens (tertiary/aromatic N) is 1. The molecule has 16 heavy (non-hydrogen) atoms. The molecule has 2 rings (SSSR count). The molecule has 1 heterocycles. The van der Waals surface area contributed by atoms with E-state index < -0.39 is 0 Å². The van der Waals surface area contributed by atoms with Crippen molar-refractivity contribution in [2.75, 3.05) is 13.1 Å². The van der Waals surface area contributed by atoms with E-state index in [-0.39, 0.29) is 0 Å². The van der Waals surface area contributed by atoms with Gasteiger partial charge in [0.15, 0.2) is 0 Å². The van der Waals surface area contributed by atoms with Crippen LogP contribution in [0.1, 0.15) is 52.4 Å². The van der Waals surface area contributed by atoms with Crippen LogP contribution in [0.3, 0.4) is 0 Å². The number of piperidine rings is 1. The van der Waals surface area contributed by atoms with Gasteiger partial charge in [-0.1, -0.05) is 13.3 Å². The summed E-state index contributed by atoms with van der Waals surface area (Å²) >= 11 is 0. The summed E-state index contributed by atoms with van der Waals surface area (Å²) in [5.41, 5.74) is 6.07. The van der Waals surface area contributed by atoms with Gasteiger partial charge in [0.2, 0.25) is 0 Å². The lowest BCUT2D eigenvalue weighted by Gasteiger charge is -2.40. The minimum Gasteiger partial charge on any atom is -0.328 e. The van der Waals surface area contributed by atoms with Gasteiger partial charge in [-0.25, -0.2) is 0 Å². The molecule has 2 N–H and O–H groups in total. The molecule has 2 nitrogen and oxygen atoms in total. The lowest BCUT2D eigenvalue weighted by molar-refractivity contribution is 0.0974. The van der Waals surface area contributed by atoms with Crippen molar-refractivity contribution < 1.29 is 0 Å². The standard InChI is InChI=1S/C14H28N2/c1-11-6-7-16(12(2)8-11)10-13-4-3-5-14(15)9-13/h11-14H,3-10,15H2,1-2H3. The van der Waals surface area contributed by atoms with Crippen molar-refractivity contribution in [1.82, 2.24) is 4.90 Å². The van der Waals surface area contributed by atoms with E-state index in [1.54, 1.807) is 0 Å². The van der Waals surface area contributed by atoms with Crippen LogP contribution in [0.15, 0.2) is 0 Å². The molecule has 1 saturated heterocycles. The number of hydrogen-bond donors (Lipinski definition) is 1. The zero-order valence-corrected chi connectivity index (χ0v) is 11.0. The quantitative estimate of drug-likeness (QED) is 0.781. The maximum Gasteiger partial charge on any atom is 0.00695 e. The van der Waals surface area contributed by atoms with Crippen molar-refractivity contribution >= 4 is 0 Å². The Hall–Kier alpha value is -0.0800. The normalized spacial score (nSPS) is 42.2. The molecular formula is C14H28N2. The van der Waals surface area contributed by atoms with Crippen molar-refractivity contribution in [3.63, 3.8) is 0 Å². The Labute approximate surface area is 101 Å². The predicted molar refractivity (Wildman–Crippen MR) is 69.4 cm³/mol. The summed E-state index contributed by atoms with van der Waals surface area (Å²) in [5, 5.41) is 0. The third-order valence-corrected chi connectivity index (χ3v) is 4.59. The first-order valence-electron chi connectivity index (χ1n) is 7.14. The monoisotopic (exact) mass is 224 g/mol. The number of hydrogen-bond acceptors (Lipinski definition) is 2. The largest absolute Gasteiger partial charge is 0.328 e. The molecule has 94 valence electrons. The van der Waals surface area contributed by atoms with E-state index in [4.69, 9.17) is 5.73 Å². The fraction of sp³-hybridized carbons (Fsp3) is 1.00. The highest BCUT2D eigenvalue weighted by Crippen LogP contribution is 2.28. The van der Waals surface area contributed by atoms with E-state index in [1.165, 1.54) is 51.6 Å². The predicted octanol–water partition coefficient (Wildman–Crippen LogP) is 2.62. The molecule has 0 radical (unpaired) electrons. The zero-order chi connectivity index (χ0) is 11.5. The first-order valence-corrected chi connectivity index (χ1v) is 7.14. The second-order valence-electron chi connectivity index (χ2n) is 6.27. The highest BCUT2D eigenvalue weighted by molar-refractivity contribution is 4.82. The van der Waals surface area contributed by atoms with Crippen LogP contribution in [0.25, 0.3) is 0 Å². The van der Waals surface area contributed by atoms with E-state index in [9.17, 15) is 0 Å². The molecule has 1 aliphatic carbocycles. The number of likely N-dealkylation sites (tertiary alicyclic amines) is 1. The Morgan fingerprint density at radius 1 is 1.12 bits per heavy atom. The SMILES string of the molecule is CC1CCN(CC2CCCC(N)C2)C(C)C1. The van der Waals surface area contributed by atoms with Gasteiger partial charge in [-0.05, 0) is 57.4 Å². The van der Waals surface area contributed by atoms with Gasteiger partial charge in [-0.3, -0.25) is 0 Å². The molecule has 4 atom stereocenters. The molecule has 4 unspecified atom stereocenters. The topological polar surface area (TPSA) is 29.3 Å². The van der Waals surface area contributed by atoms with Crippen molar-refractivity contribution in [2.45, 2.75) is 64.5 Å². The Morgan fingerprint density at radius 3 is 2.62 bits per heavy atom. The third kappa shape index (κ3) is 3.21. The van der Waals surface area contributed by atoms with Crippen LogP contribution in [0.2, 0.25) is 0 Å². The summed E-state index contributed by atoms with van der Waals surface area (Å²) in [6.07, 6.45) is 8.06.